The molecule has 0 fully saturated rings. The van der Waals surface area contributed by atoms with Crippen molar-refractivity contribution in [2.24, 2.45) is 0 Å². The maximum absolute atomic E-state index is 12.7. The second kappa shape index (κ2) is 9.25. The van der Waals surface area contributed by atoms with Gasteiger partial charge in [-0.05, 0) is 91.4 Å². The molecule has 0 aliphatic carbocycles. The molecule has 0 radical (unpaired) electrons. The van der Waals surface area contributed by atoms with Gasteiger partial charge in [0.15, 0.2) is 0 Å². The topological polar surface area (TPSA) is 42.2 Å². The van der Waals surface area contributed by atoms with Gasteiger partial charge in [-0.15, -0.1) is 0 Å². The Bertz CT molecular complexity index is 1270. The molecule has 0 atom stereocenters. The monoisotopic (exact) mass is 443 g/mol. The van der Waals surface area contributed by atoms with Crippen LogP contribution >= 0.6 is 11.8 Å². The number of benzene rings is 3. The van der Waals surface area contributed by atoms with Gasteiger partial charge in [-0.25, -0.2) is 0 Å². The van der Waals surface area contributed by atoms with Crippen LogP contribution < -0.4 is 5.32 Å². The van der Waals surface area contributed by atoms with Crippen LogP contribution in [0.5, 0.6) is 0 Å². The summed E-state index contributed by atoms with van der Waals surface area (Å²) in [5.41, 5.74) is 7.58. The third-order valence-corrected chi connectivity index (χ3v) is 6.89. The van der Waals surface area contributed by atoms with Crippen molar-refractivity contribution in [3.63, 3.8) is 0 Å². The largest absolute Gasteiger partial charge is 0.464 e. The summed E-state index contributed by atoms with van der Waals surface area (Å²) in [4.78, 5) is 15.1. The van der Waals surface area contributed by atoms with Crippen LogP contribution in [-0.4, -0.2) is 5.91 Å². The molecular weight excluding hydrogens is 414 g/mol. The Hall–Kier alpha value is -2.98. The summed E-state index contributed by atoms with van der Waals surface area (Å²) < 4.78 is 5.72. The summed E-state index contributed by atoms with van der Waals surface area (Å²) >= 11 is 1.74. The number of carbonyl (C=O) groups is 1. The van der Waals surface area contributed by atoms with E-state index < -0.39 is 0 Å². The van der Waals surface area contributed by atoms with Gasteiger partial charge in [0.1, 0.15) is 5.58 Å². The Balaban J connectivity index is 1.44. The second-order valence-electron chi connectivity index (χ2n) is 8.74. The third-order valence-electron chi connectivity index (χ3n) is 5.72. The molecule has 3 aromatic carbocycles. The fraction of sp³-hybridized carbons (Fsp3) is 0.250. The lowest BCUT2D eigenvalue weighted by Crippen LogP contribution is -2.14. The van der Waals surface area contributed by atoms with Crippen molar-refractivity contribution in [2.45, 2.75) is 56.7 Å². The minimum atomic E-state index is -0.0469. The van der Waals surface area contributed by atoms with Crippen molar-refractivity contribution in [3.05, 3.63) is 88.7 Å². The molecule has 0 saturated heterocycles. The molecule has 4 aromatic rings. The van der Waals surface area contributed by atoms with Gasteiger partial charge >= 0.3 is 0 Å². The fourth-order valence-electron chi connectivity index (χ4n) is 3.93. The quantitative estimate of drug-likeness (QED) is 0.330. The van der Waals surface area contributed by atoms with Crippen molar-refractivity contribution in [3.8, 4) is 0 Å². The van der Waals surface area contributed by atoms with E-state index in [1.54, 1.807) is 18.0 Å². The van der Waals surface area contributed by atoms with E-state index in [4.69, 9.17) is 4.42 Å². The Morgan fingerprint density at radius 2 is 1.72 bits per heavy atom. The number of anilines is 1. The van der Waals surface area contributed by atoms with Crippen LogP contribution in [0.2, 0.25) is 0 Å². The van der Waals surface area contributed by atoms with Crippen LogP contribution in [0.15, 0.2) is 75.1 Å². The molecule has 32 heavy (non-hydrogen) atoms. The zero-order chi connectivity index (χ0) is 22.8. The molecule has 3 nitrogen and oxygen atoms in total. The van der Waals surface area contributed by atoms with E-state index in [2.05, 4.69) is 70.3 Å². The number of hydrogen-bond acceptors (Lipinski definition) is 3. The maximum Gasteiger partial charge on any atom is 0.228 e. The van der Waals surface area contributed by atoms with Gasteiger partial charge in [-0.2, -0.15) is 0 Å². The molecular formula is C28H29NO2S. The lowest BCUT2D eigenvalue weighted by Gasteiger charge is -2.10. The summed E-state index contributed by atoms with van der Waals surface area (Å²) in [5.74, 6) is 0.380. The number of hydrogen-bond donors (Lipinski definition) is 1. The van der Waals surface area contributed by atoms with Gasteiger partial charge in [0.05, 0.1) is 12.7 Å². The average molecular weight is 444 g/mol. The Morgan fingerprint density at radius 1 is 0.969 bits per heavy atom. The first-order valence-corrected chi connectivity index (χ1v) is 11.8. The molecule has 0 saturated carbocycles. The SMILES string of the molecule is Cc1ccc(C)c(Sc2ccc(NC(=O)Cc3coc4cc(C)c(C(C)C)cc34)cc2)c1. The molecule has 4 rings (SSSR count). The third kappa shape index (κ3) is 4.91. The van der Waals surface area contributed by atoms with E-state index in [1.165, 1.54) is 27.1 Å². The van der Waals surface area contributed by atoms with E-state index in [1.807, 2.05) is 24.3 Å². The van der Waals surface area contributed by atoms with Crippen molar-refractivity contribution >= 4 is 34.3 Å². The van der Waals surface area contributed by atoms with Gasteiger partial charge < -0.3 is 9.73 Å². The minimum absolute atomic E-state index is 0.0469. The Kier molecular flexibility index (Phi) is 6.43. The van der Waals surface area contributed by atoms with Gasteiger partial charge in [0, 0.05) is 26.4 Å². The number of aryl methyl sites for hydroxylation is 3. The van der Waals surface area contributed by atoms with E-state index in [0.717, 1.165) is 27.1 Å². The molecule has 1 aromatic heterocycles. The molecule has 0 aliphatic heterocycles. The first-order chi connectivity index (χ1) is 15.3. The minimum Gasteiger partial charge on any atom is -0.464 e. The zero-order valence-corrected chi connectivity index (χ0v) is 20.1. The number of nitrogens with one attached hydrogen (secondary N) is 1. The summed E-state index contributed by atoms with van der Waals surface area (Å²) in [7, 11) is 0. The molecule has 0 bridgehead atoms. The highest BCUT2D eigenvalue weighted by atomic mass is 32.2. The van der Waals surface area contributed by atoms with E-state index in [0.29, 0.717) is 5.92 Å². The fourth-order valence-corrected chi connectivity index (χ4v) is 4.93. The average Bonchev–Trinajstić information content (AvgIpc) is 3.12. The normalized spacial score (nSPS) is 11.3. The zero-order valence-electron chi connectivity index (χ0n) is 19.3. The van der Waals surface area contributed by atoms with Gasteiger partial charge in [-0.3, -0.25) is 4.79 Å². The standard InChI is InChI=1S/C28H29NO2S/c1-17(2)24-15-25-21(16-31-26(25)13-20(24)5)14-28(30)29-22-8-10-23(11-9-22)32-27-12-18(3)6-7-19(27)4/h6-13,15-17H,14H2,1-5H3,(H,29,30). The van der Waals surface area contributed by atoms with Crippen LogP contribution in [0.25, 0.3) is 11.0 Å². The Labute approximate surface area is 194 Å². The molecule has 0 unspecified atom stereocenters. The maximum atomic E-state index is 12.7. The number of fused-ring (bicyclic) bond motifs is 1. The van der Waals surface area contributed by atoms with Crippen LogP contribution in [-0.2, 0) is 11.2 Å². The smallest absolute Gasteiger partial charge is 0.228 e. The molecule has 0 spiro atoms. The van der Waals surface area contributed by atoms with Crippen LogP contribution in [0, 0.1) is 20.8 Å². The lowest BCUT2D eigenvalue weighted by molar-refractivity contribution is -0.115. The van der Waals surface area contributed by atoms with Crippen LogP contribution in [0.4, 0.5) is 5.69 Å². The summed E-state index contributed by atoms with van der Waals surface area (Å²) in [5, 5.41) is 4.04. The van der Waals surface area contributed by atoms with Crippen LogP contribution in [0.3, 0.4) is 0 Å². The molecule has 0 aliphatic rings. The first-order valence-electron chi connectivity index (χ1n) is 11.0. The first kappa shape index (κ1) is 22.2. The summed E-state index contributed by atoms with van der Waals surface area (Å²) in [6.07, 6.45) is 1.99. The predicted molar refractivity (Wildman–Crippen MR) is 134 cm³/mol. The van der Waals surface area contributed by atoms with Crippen molar-refractivity contribution in [1.82, 2.24) is 0 Å². The van der Waals surface area contributed by atoms with Gasteiger partial charge in [0.2, 0.25) is 5.91 Å². The van der Waals surface area contributed by atoms with E-state index >= 15 is 0 Å². The number of rotatable bonds is 6. The van der Waals surface area contributed by atoms with Crippen molar-refractivity contribution in [2.75, 3.05) is 5.32 Å². The lowest BCUT2D eigenvalue weighted by atomic mass is 9.95. The van der Waals surface area contributed by atoms with E-state index in [9.17, 15) is 4.79 Å². The summed E-state index contributed by atoms with van der Waals surface area (Å²) in [6, 6.07) is 18.7. The van der Waals surface area contributed by atoms with Crippen molar-refractivity contribution < 1.29 is 9.21 Å². The van der Waals surface area contributed by atoms with Gasteiger partial charge in [-0.1, -0.05) is 37.7 Å². The van der Waals surface area contributed by atoms with Crippen LogP contribution in [0.1, 0.15) is 47.6 Å². The second-order valence-corrected chi connectivity index (χ2v) is 9.86. The number of amides is 1. The highest BCUT2D eigenvalue weighted by molar-refractivity contribution is 7.99. The highest BCUT2D eigenvalue weighted by Gasteiger charge is 2.14. The molecule has 164 valence electrons. The molecule has 1 amide bonds. The molecule has 1 N–H and O–H groups in total. The van der Waals surface area contributed by atoms with Crippen molar-refractivity contribution in [1.29, 1.82) is 0 Å². The summed E-state index contributed by atoms with van der Waals surface area (Å²) in [6.45, 7) is 10.7. The number of furan rings is 1. The number of carbonyl (C=O) groups excluding carboxylic acids is 1. The predicted octanol–water partition coefficient (Wildman–Crippen LogP) is 7.81. The molecule has 1 heterocycles. The Morgan fingerprint density at radius 3 is 2.44 bits per heavy atom. The van der Waals surface area contributed by atoms with Gasteiger partial charge in [0.25, 0.3) is 0 Å². The highest BCUT2D eigenvalue weighted by Crippen LogP contribution is 2.32. The van der Waals surface area contributed by atoms with E-state index in [-0.39, 0.29) is 12.3 Å². The molecule has 4 heteroatoms.